The lowest BCUT2D eigenvalue weighted by atomic mass is 9.86. The zero-order valence-corrected chi connectivity index (χ0v) is 6.86. The van der Waals surface area contributed by atoms with Crippen LogP contribution in [0.15, 0.2) is 30.3 Å². The van der Waals surface area contributed by atoms with Crippen LogP contribution in [0.1, 0.15) is 11.1 Å². The molecule has 0 aliphatic heterocycles. The zero-order valence-electron chi connectivity index (χ0n) is 6.86. The second-order valence-electron chi connectivity index (χ2n) is 2.95. The maximum Gasteiger partial charge on any atom is 0.187 e. The predicted octanol–water partition coefficient (Wildman–Crippen LogP) is 2.00. The largest absolute Gasteiger partial charge is 0.196 e. The number of hydrogen-bond acceptors (Lipinski definition) is 2. The Morgan fingerprint density at radius 1 is 1.08 bits per heavy atom. The Kier molecular flexibility index (Phi) is 1.44. The Morgan fingerprint density at radius 3 is 2.46 bits per heavy atom. The van der Waals surface area contributed by atoms with E-state index >= 15 is 0 Å². The van der Waals surface area contributed by atoms with Crippen LogP contribution in [0.3, 0.4) is 0 Å². The van der Waals surface area contributed by atoms with E-state index in [1.807, 2.05) is 42.5 Å². The summed E-state index contributed by atoms with van der Waals surface area (Å²) in [5, 5.41) is 17.9. The molecule has 0 amide bonds. The van der Waals surface area contributed by atoms with E-state index in [-0.39, 0.29) is 0 Å². The second kappa shape index (κ2) is 2.47. The summed E-state index contributed by atoms with van der Waals surface area (Å²) in [7, 11) is 0. The van der Waals surface area contributed by atoms with Crippen molar-refractivity contribution in [3.8, 4) is 12.1 Å². The highest BCUT2D eigenvalue weighted by molar-refractivity contribution is 5.70. The predicted molar refractivity (Wildman–Crippen MR) is 48.4 cm³/mol. The highest BCUT2D eigenvalue weighted by Crippen LogP contribution is 2.34. The average Bonchev–Trinajstić information content (AvgIpc) is 2.58. The van der Waals surface area contributed by atoms with Gasteiger partial charge in [-0.2, -0.15) is 10.5 Å². The van der Waals surface area contributed by atoms with E-state index < -0.39 is 5.41 Å². The van der Waals surface area contributed by atoms with E-state index in [9.17, 15) is 0 Å². The van der Waals surface area contributed by atoms with Crippen LogP contribution < -0.4 is 0 Å². The first-order chi connectivity index (χ1) is 6.32. The maximum atomic E-state index is 8.94. The molecule has 0 saturated heterocycles. The third kappa shape index (κ3) is 0.863. The molecule has 0 fully saturated rings. The van der Waals surface area contributed by atoms with Crippen LogP contribution in [0, 0.1) is 22.7 Å². The summed E-state index contributed by atoms with van der Waals surface area (Å²) in [5.74, 6) is 0. The quantitative estimate of drug-likeness (QED) is 0.591. The van der Waals surface area contributed by atoms with Gasteiger partial charge in [0.15, 0.2) is 5.41 Å². The van der Waals surface area contributed by atoms with Crippen molar-refractivity contribution < 1.29 is 0 Å². The third-order valence-electron chi connectivity index (χ3n) is 2.25. The number of hydrogen-bond donors (Lipinski definition) is 0. The molecule has 1 aliphatic rings. The van der Waals surface area contributed by atoms with Gasteiger partial charge in [0, 0.05) is 0 Å². The van der Waals surface area contributed by atoms with Gasteiger partial charge in [-0.1, -0.05) is 30.3 Å². The number of allylic oxidation sites excluding steroid dienone is 1. The van der Waals surface area contributed by atoms with Crippen molar-refractivity contribution in [2.24, 2.45) is 0 Å². The molecular formula is C11H6N2. The van der Waals surface area contributed by atoms with Gasteiger partial charge in [0.2, 0.25) is 0 Å². The van der Waals surface area contributed by atoms with E-state index in [1.165, 1.54) is 0 Å². The van der Waals surface area contributed by atoms with Crippen LogP contribution in [-0.4, -0.2) is 0 Å². The summed E-state index contributed by atoms with van der Waals surface area (Å²) in [6.45, 7) is 0. The molecule has 0 heterocycles. The Labute approximate surface area is 76.3 Å². The number of benzene rings is 1. The lowest BCUT2D eigenvalue weighted by Gasteiger charge is -2.10. The SMILES string of the molecule is N#CC1(C#N)C=Cc2ccccc21. The van der Waals surface area contributed by atoms with Crippen molar-refractivity contribution in [2.75, 3.05) is 0 Å². The molecule has 60 valence electrons. The molecule has 0 unspecified atom stereocenters. The first kappa shape index (κ1) is 7.58. The molecule has 0 radical (unpaired) electrons. The van der Waals surface area contributed by atoms with Gasteiger partial charge < -0.3 is 0 Å². The van der Waals surface area contributed by atoms with E-state index in [0.29, 0.717) is 0 Å². The normalized spacial score (nSPS) is 15.8. The van der Waals surface area contributed by atoms with Crippen molar-refractivity contribution in [3.63, 3.8) is 0 Å². The molecule has 2 heteroatoms. The molecular weight excluding hydrogens is 160 g/mol. The van der Waals surface area contributed by atoms with Crippen LogP contribution in [-0.2, 0) is 5.41 Å². The fraction of sp³-hybridized carbons (Fsp3) is 0.0909. The first-order valence-corrected chi connectivity index (χ1v) is 3.94. The van der Waals surface area contributed by atoms with E-state index in [1.54, 1.807) is 6.08 Å². The van der Waals surface area contributed by atoms with Crippen LogP contribution in [0.25, 0.3) is 6.08 Å². The van der Waals surface area contributed by atoms with E-state index in [2.05, 4.69) is 0 Å². The standard InChI is InChI=1S/C11H6N2/c12-7-11(8-13)6-5-9-3-1-2-4-10(9)11/h1-6H. The van der Waals surface area contributed by atoms with Crippen molar-refractivity contribution in [1.82, 2.24) is 0 Å². The van der Waals surface area contributed by atoms with Crippen molar-refractivity contribution in [1.29, 1.82) is 10.5 Å². The minimum Gasteiger partial charge on any atom is -0.196 e. The van der Waals surface area contributed by atoms with Crippen molar-refractivity contribution >= 4 is 6.08 Å². The fourth-order valence-electron chi connectivity index (χ4n) is 1.53. The van der Waals surface area contributed by atoms with Gasteiger partial charge in [-0.05, 0) is 17.2 Å². The number of nitriles is 2. The molecule has 0 bridgehead atoms. The molecule has 2 rings (SSSR count). The topological polar surface area (TPSA) is 47.6 Å². The van der Waals surface area contributed by atoms with Gasteiger partial charge in [-0.15, -0.1) is 0 Å². The monoisotopic (exact) mass is 166 g/mol. The van der Waals surface area contributed by atoms with Crippen molar-refractivity contribution in [3.05, 3.63) is 41.5 Å². The summed E-state index contributed by atoms with van der Waals surface area (Å²) in [5.41, 5.74) is 0.696. The number of fused-ring (bicyclic) bond motifs is 1. The highest BCUT2D eigenvalue weighted by atomic mass is 14.4. The summed E-state index contributed by atoms with van der Waals surface area (Å²) < 4.78 is 0. The molecule has 0 atom stereocenters. The molecule has 0 spiro atoms. The fourth-order valence-corrected chi connectivity index (χ4v) is 1.53. The van der Waals surface area contributed by atoms with Crippen LogP contribution in [0.4, 0.5) is 0 Å². The van der Waals surface area contributed by atoms with Crippen LogP contribution in [0.2, 0.25) is 0 Å². The molecule has 1 aromatic carbocycles. The van der Waals surface area contributed by atoms with Crippen molar-refractivity contribution in [2.45, 2.75) is 5.41 Å². The second-order valence-corrected chi connectivity index (χ2v) is 2.95. The van der Waals surface area contributed by atoms with Gasteiger partial charge in [0.05, 0.1) is 12.1 Å². The molecule has 0 N–H and O–H groups in total. The van der Waals surface area contributed by atoms with Gasteiger partial charge in [-0.3, -0.25) is 0 Å². The molecule has 2 nitrogen and oxygen atoms in total. The molecule has 1 aliphatic carbocycles. The van der Waals surface area contributed by atoms with Gasteiger partial charge in [0.25, 0.3) is 0 Å². The molecule has 0 saturated carbocycles. The average molecular weight is 166 g/mol. The van der Waals surface area contributed by atoms with Gasteiger partial charge >= 0.3 is 0 Å². The van der Waals surface area contributed by atoms with Crippen LogP contribution >= 0.6 is 0 Å². The van der Waals surface area contributed by atoms with E-state index in [4.69, 9.17) is 10.5 Å². The number of rotatable bonds is 0. The molecule has 13 heavy (non-hydrogen) atoms. The Bertz CT molecular complexity index is 444. The highest BCUT2D eigenvalue weighted by Gasteiger charge is 2.34. The lowest BCUT2D eigenvalue weighted by Crippen LogP contribution is -2.15. The summed E-state index contributed by atoms with van der Waals surface area (Å²) in [6, 6.07) is 11.5. The van der Waals surface area contributed by atoms with E-state index in [0.717, 1.165) is 11.1 Å². The van der Waals surface area contributed by atoms with Gasteiger partial charge in [0.1, 0.15) is 0 Å². The molecule has 1 aromatic rings. The lowest BCUT2D eigenvalue weighted by molar-refractivity contribution is 0.909. The zero-order chi connectivity index (χ0) is 9.31. The maximum absolute atomic E-state index is 8.94. The first-order valence-electron chi connectivity index (χ1n) is 3.94. The Balaban J connectivity index is 2.70. The number of nitrogens with zero attached hydrogens (tertiary/aromatic N) is 2. The van der Waals surface area contributed by atoms with Gasteiger partial charge in [-0.25, -0.2) is 0 Å². The summed E-state index contributed by atoms with van der Waals surface area (Å²) in [4.78, 5) is 0. The molecule has 0 aromatic heterocycles. The summed E-state index contributed by atoms with van der Waals surface area (Å²) >= 11 is 0. The minimum absolute atomic E-state index is 0.792. The minimum atomic E-state index is -1.06. The Hall–Kier alpha value is -2.06. The Morgan fingerprint density at radius 2 is 1.77 bits per heavy atom. The smallest absolute Gasteiger partial charge is 0.187 e. The van der Waals surface area contributed by atoms with Crippen LogP contribution in [0.5, 0.6) is 0 Å². The summed E-state index contributed by atoms with van der Waals surface area (Å²) in [6.07, 6.45) is 3.47. The third-order valence-corrected chi connectivity index (χ3v) is 2.25.